The Balaban J connectivity index is 1.67. The van der Waals surface area contributed by atoms with Crippen LogP contribution in [0.1, 0.15) is 30.2 Å². The minimum Gasteiger partial charge on any atom is -0.495 e. The SMILES string of the molecule is COc1ccc(C)cc1Nc1cc(CCC(C)Cc2ccccc2)nc(N)n1. The predicted octanol–water partition coefficient (Wildman–Crippen LogP) is 4.93. The molecule has 28 heavy (non-hydrogen) atoms. The molecular formula is C23H28N4O. The van der Waals surface area contributed by atoms with Crippen molar-refractivity contribution in [2.75, 3.05) is 18.2 Å². The van der Waals surface area contributed by atoms with Crippen LogP contribution in [0, 0.1) is 12.8 Å². The molecule has 3 aromatic rings. The van der Waals surface area contributed by atoms with Gasteiger partial charge in [0.2, 0.25) is 5.95 Å². The van der Waals surface area contributed by atoms with Crippen molar-refractivity contribution in [3.8, 4) is 5.75 Å². The molecule has 0 bridgehead atoms. The lowest BCUT2D eigenvalue weighted by atomic mass is 9.96. The Bertz CT molecular complexity index is 912. The van der Waals surface area contributed by atoms with Crippen LogP contribution in [0.15, 0.2) is 54.6 Å². The third-order valence-corrected chi connectivity index (χ3v) is 4.73. The summed E-state index contributed by atoms with van der Waals surface area (Å²) in [5.74, 6) is 2.29. The Morgan fingerprint density at radius 1 is 1.07 bits per heavy atom. The van der Waals surface area contributed by atoms with Crippen molar-refractivity contribution < 1.29 is 4.74 Å². The average molecular weight is 377 g/mol. The maximum absolute atomic E-state index is 5.95. The van der Waals surface area contributed by atoms with Crippen LogP contribution in [0.3, 0.4) is 0 Å². The zero-order valence-corrected chi connectivity index (χ0v) is 16.8. The van der Waals surface area contributed by atoms with Crippen molar-refractivity contribution in [3.05, 3.63) is 71.4 Å². The van der Waals surface area contributed by atoms with Crippen LogP contribution in [0.2, 0.25) is 0 Å². The lowest BCUT2D eigenvalue weighted by Crippen LogP contribution is -2.07. The summed E-state index contributed by atoms with van der Waals surface area (Å²) in [7, 11) is 1.66. The predicted molar refractivity (Wildman–Crippen MR) is 115 cm³/mol. The average Bonchev–Trinajstić information content (AvgIpc) is 2.67. The molecular weight excluding hydrogens is 348 g/mol. The maximum atomic E-state index is 5.95. The van der Waals surface area contributed by atoms with E-state index in [0.29, 0.717) is 11.7 Å². The van der Waals surface area contributed by atoms with Crippen LogP contribution < -0.4 is 15.8 Å². The van der Waals surface area contributed by atoms with Gasteiger partial charge in [-0.2, -0.15) is 4.98 Å². The highest BCUT2D eigenvalue weighted by molar-refractivity contribution is 5.65. The first-order valence-corrected chi connectivity index (χ1v) is 9.62. The molecule has 0 fully saturated rings. The summed E-state index contributed by atoms with van der Waals surface area (Å²) >= 11 is 0. The number of nitrogens with zero attached hydrogens (tertiary/aromatic N) is 2. The summed E-state index contributed by atoms with van der Waals surface area (Å²) in [6, 6.07) is 18.5. The highest BCUT2D eigenvalue weighted by atomic mass is 16.5. The Morgan fingerprint density at radius 2 is 1.86 bits per heavy atom. The van der Waals surface area contributed by atoms with E-state index in [4.69, 9.17) is 10.5 Å². The fourth-order valence-electron chi connectivity index (χ4n) is 3.28. The van der Waals surface area contributed by atoms with Crippen molar-refractivity contribution in [2.45, 2.75) is 33.1 Å². The van der Waals surface area contributed by atoms with E-state index in [-0.39, 0.29) is 5.95 Å². The molecule has 5 heteroatoms. The molecule has 0 saturated heterocycles. The molecule has 0 aliphatic carbocycles. The van der Waals surface area contributed by atoms with Gasteiger partial charge < -0.3 is 15.8 Å². The molecule has 1 unspecified atom stereocenters. The fraction of sp³-hybridized carbons (Fsp3) is 0.304. The smallest absolute Gasteiger partial charge is 0.222 e. The van der Waals surface area contributed by atoms with Crippen LogP contribution in [0.5, 0.6) is 5.75 Å². The summed E-state index contributed by atoms with van der Waals surface area (Å²) in [6.45, 7) is 4.31. The number of hydrogen-bond donors (Lipinski definition) is 2. The van der Waals surface area contributed by atoms with Gasteiger partial charge in [0.25, 0.3) is 0 Å². The number of anilines is 3. The van der Waals surface area contributed by atoms with Gasteiger partial charge in [-0.25, -0.2) is 4.98 Å². The van der Waals surface area contributed by atoms with E-state index in [0.717, 1.165) is 42.0 Å². The van der Waals surface area contributed by atoms with E-state index in [1.165, 1.54) is 5.56 Å². The summed E-state index contributed by atoms with van der Waals surface area (Å²) < 4.78 is 5.43. The van der Waals surface area contributed by atoms with Gasteiger partial charge in [0.05, 0.1) is 12.8 Å². The molecule has 0 aliphatic heterocycles. The minimum atomic E-state index is 0.280. The van der Waals surface area contributed by atoms with Crippen molar-refractivity contribution in [3.63, 3.8) is 0 Å². The zero-order valence-electron chi connectivity index (χ0n) is 16.8. The molecule has 0 saturated carbocycles. The summed E-state index contributed by atoms with van der Waals surface area (Å²) in [6.07, 6.45) is 2.96. The third kappa shape index (κ3) is 5.46. The van der Waals surface area contributed by atoms with Crippen LogP contribution in [-0.2, 0) is 12.8 Å². The molecule has 1 heterocycles. The monoisotopic (exact) mass is 376 g/mol. The van der Waals surface area contributed by atoms with Crippen LogP contribution >= 0.6 is 0 Å². The molecule has 0 radical (unpaired) electrons. The molecule has 5 nitrogen and oxygen atoms in total. The van der Waals surface area contributed by atoms with Crippen molar-refractivity contribution >= 4 is 17.5 Å². The Morgan fingerprint density at radius 3 is 2.61 bits per heavy atom. The van der Waals surface area contributed by atoms with E-state index in [2.05, 4.69) is 52.5 Å². The summed E-state index contributed by atoms with van der Waals surface area (Å²) in [5.41, 5.74) is 10.3. The molecule has 1 aromatic heterocycles. The molecule has 1 atom stereocenters. The van der Waals surface area contributed by atoms with E-state index >= 15 is 0 Å². The fourth-order valence-corrected chi connectivity index (χ4v) is 3.28. The second-order valence-corrected chi connectivity index (χ2v) is 7.27. The first-order chi connectivity index (χ1) is 13.5. The van der Waals surface area contributed by atoms with Gasteiger partial charge in [-0.15, -0.1) is 0 Å². The Kier molecular flexibility index (Phi) is 6.48. The summed E-state index contributed by atoms with van der Waals surface area (Å²) in [5, 5.41) is 3.32. The molecule has 0 amide bonds. The van der Waals surface area contributed by atoms with E-state index < -0.39 is 0 Å². The highest BCUT2D eigenvalue weighted by Crippen LogP contribution is 2.28. The van der Waals surface area contributed by atoms with Crippen LogP contribution in [-0.4, -0.2) is 17.1 Å². The molecule has 0 aliphatic rings. The van der Waals surface area contributed by atoms with E-state index in [1.54, 1.807) is 7.11 Å². The van der Waals surface area contributed by atoms with Crippen LogP contribution in [0.4, 0.5) is 17.5 Å². The Hall–Kier alpha value is -3.08. The normalized spacial score (nSPS) is 11.8. The number of rotatable bonds is 8. The number of benzene rings is 2. The second kappa shape index (κ2) is 9.22. The number of ether oxygens (including phenoxy) is 1. The van der Waals surface area contributed by atoms with Gasteiger partial charge in [-0.1, -0.05) is 43.3 Å². The lowest BCUT2D eigenvalue weighted by Gasteiger charge is -2.14. The zero-order chi connectivity index (χ0) is 19.9. The van der Waals surface area contributed by atoms with Crippen molar-refractivity contribution in [1.82, 2.24) is 9.97 Å². The topological polar surface area (TPSA) is 73.1 Å². The van der Waals surface area contributed by atoms with Crippen molar-refractivity contribution in [1.29, 1.82) is 0 Å². The number of nitrogens with one attached hydrogen (secondary N) is 1. The molecule has 0 spiro atoms. The second-order valence-electron chi connectivity index (χ2n) is 7.27. The highest BCUT2D eigenvalue weighted by Gasteiger charge is 2.09. The maximum Gasteiger partial charge on any atom is 0.222 e. The minimum absolute atomic E-state index is 0.280. The van der Waals surface area contributed by atoms with Gasteiger partial charge >= 0.3 is 0 Å². The Labute approximate surface area is 167 Å². The third-order valence-electron chi connectivity index (χ3n) is 4.73. The van der Waals surface area contributed by atoms with Crippen molar-refractivity contribution in [2.24, 2.45) is 5.92 Å². The van der Waals surface area contributed by atoms with E-state index in [9.17, 15) is 0 Å². The quantitative estimate of drug-likeness (QED) is 0.583. The van der Waals surface area contributed by atoms with Crippen LogP contribution in [0.25, 0.3) is 0 Å². The number of nitrogens with two attached hydrogens (primary N) is 1. The number of hydrogen-bond acceptors (Lipinski definition) is 5. The number of aromatic nitrogens is 2. The largest absolute Gasteiger partial charge is 0.495 e. The molecule has 3 rings (SSSR count). The van der Waals surface area contributed by atoms with Gasteiger partial charge in [0, 0.05) is 11.8 Å². The standard InChI is InChI=1S/C23H28N4O/c1-16(13-18-7-5-4-6-8-18)9-11-19-15-22(27-23(24)25-19)26-20-14-17(2)10-12-21(20)28-3/h4-8,10,12,14-16H,9,11,13H2,1-3H3,(H3,24,25,26,27). The van der Waals surface area contributed by atoms with E-state index in [1.807, 2.05) is 31.2 Å². The first kappa shape index (κ1) is 19.7. The number of nitrogen functional groups attached to an aromatic ring is 1. The summed E-state index contributed by atoms with van der Waals surface area (Å²) in [4.78, 5) is 8.74. The molecule has 3 N–H and O–H groups in total. The molecule has 146 valence electrons. The molecule has 2 aromatic carbocycles. The number of aryl methyl sites for hydroxylation is 2. The van der Waals surface area contributed by atoms with Gasteiger partial charge in [-0.05, 0) is 55.4 Å². The van der Waals surface area contributed by atoms with Gasteiger partial charge in [0.1, 0.15) is 11.6 Å². The number of methoxy groups -OCH3 is 1. The first-order valence-electron chi connectivity index (χ1n) is 9.62. The van der Waals surface area contributed by atoms with Gasteiger partial charge in [0.15, 0.2) is 0 Å². The lowest BCUT2D eigenvalue weighted by molar-refractivity contribution is 0.416. The van der Waals surface area contributed by atoms with Gasteiger partial charge in [-0.3, -0.25) is 0 Å².